The minimum atomic E-state index is -0.206. The highest BCUT2D eigenvalue weighted by molar-refractivity contribution is 6.32. The zero-order valence-electron chi connectivity index (χ0n) is 14.2. The Morgan fingerprint density at radius 1 is 1.00 bits per heavy atom. The van der Waals surface area contributed by atoms with Crippen LogP contribution in [0.2, 0.25) is 5.02 Å². The van der Waals surface area contributed by atoms with Gasteiger partial charge in [-0.1, -0.05) is 36.6 Å². The fraction of sp³-hybridized carbons (Fsp3) is 0.350. The molecule has 2 aromatic carbocycles. The van der Waals surface area contributed by atoms with Crippen molar-refractivity contribution in [1.82, 2.24) is 0 Å². The molecule has 1 fully saturated rings. The molecule has 0 radical (unpaired) electrons. The van der Waals surface area contributed by atoms with Crippen LogP contribution in [0.1, 0.15) is 25.7 Å². The zero-order valence-corrected chi connectivity index (χ0v) is 15.0. The largest absolute Gasteiger partial charge is 0.482 e. The van der Waals surface area contributed by atoms with E-state index in [1.807, 2.05) is 24.3 Å². The van der Waals surface area contributed by atoms with E-state index in [9.17, 15) is 4.79 Å². The van der Waals surface area contributed by atoms with E-state index in [0.29, 0.717) is 10.8 Å². The van der Waals surface area contributed by atoms with Crippen molar-refractivity contribution in [2.75, 3.05) is 29.9 Å². The molecule has 0 aliphatic carbocycles. The number of hydrogen-bond donors (Lipinski definition) is 1. The predicted molar refractivity (Wildman–Crippen MR) is 103 cm³/mol. The van der Waals surface area contributed by atoms with Gasteiger partial charge in [-0.2, -0.15) is 0 Å². The molecule has 3 rings (SSSR count). The fourth-order valence-electron chi connectivity index (χ4n) is 2.99. The number of nitrogens with zero attached hydrogens (tertiary/aromatic N) is 1. The second kappa shape index (κ2) is 8.77. The van der Waals surface area contributed by atoms with Crippen LogP contribution in [-0.4, -0.2) is 25.6 Å². The number of hydrogen-bond acceptors (Lipinski definition) is 3. The molecule has 0 atom stereocenters. The molecule has 0 unspecified atom stereocenters. The van der Waals surface area contributed by atoms with Crippen LogP contribution in [0.5, 0.6) is 5.75 Å². The minimum absolute atomic E-state index is 0.0718. The van der Waals surface area contributed by atoms with E-state index in [1.54, 1.807) is 12.1 Å². The summed E-state index contributed by atoms with van der Waals surface area (Å²) >= 11 is 6.01. The summed E-state index contributed by atoms with van der Waals surface area (Å²) in [4.78, 5) is 14.5. The molecule has 4 nitrogen and oxygen atoms in total. The summed E-state index contributed by atoms with van der Waals surface area (Å²) in [7, 11) is 0. The summed E-state index contributed by atoms with van der Waals surface area (Å²) in [6, 6.07) is 15.1. The fourth-order valence-corrected chi connectivity index (χ4v) is 3.18. The lowest BCUT2D eigenvalue weighted by Crippen LogP contribution is -2.24. The Labute approximate surface area is 153 Å². The van der Waals surface area contributed by atoms with E-state index in [-0.39, 0.29) is 12.5 Å². The lowest BCUT2D eigenvalue weighted by atomic mass is 10.2. The predicted octanol–water partition coefficient (Wildman–Crippen LogP) is 4.74. The molecule has 132 valence electrons. The van der Waals surface area contributed by atoms with Gasteiger partial charge in [-0.3, -0.25) is 4.79 Å². The Bertz CT molecular complexity index is 695. The number of para-hydroxylation sites is 1. The van der Waals surface area contributed by atoms with Crippen molar-refractivity contribution in [2.24, 2.45) is 0 Å². The van der Waals surface area contributed by atoms with Gasteiger partial charge in [0.2, 0.25) is 0 Å². The summed E-state index contributed by atoms with van der Waals surface area (Å²) in [5.74, 6) is 0.304. The summed E-state index contributed by atoms with van der Waals surface area (Å²) in [6.45, 7) is 2.15. The highest BCUT2D eigenvalue weighted by Gasteiger charge is 2.10. The van der Waals surface area contributed by atoms with Gasteiger partial charge in [0, 0.05) is 24.5 Å². The van der Waals surface area contributed by atoms with Crippen molar-refractivity contribution >= 4 is 28.9 Å². The standard InChI is InChI=1S/C20H23ClN2O2/c21-18-7-3-4-8-19(18)25-15-20(24)22-16-9-11-17(12-10-16)23-13-5-1-2-6-14-23/h3-4,7-12H,1-2,5-6,13-15H2,(H,22,24). The van der Waals surface area contributed by atoms with Crippen LogP contribution < -0.4 is 15.0 Å². The first-order valence-electron chi connectivity index (χ1n) is 8.74. The van der Waals surface area contributed by atoms with Crippen LogP contribution in [0.3, 0.4) is 0 Å². The average Bonchev–Trinajstić information content (AvgIpc) is 2.91. The molecule has 1 N–H and O–H groups in total. The molecule has 0 aromatic heterocycles. The van der Waals surface area contributed by atoms with Gasteiger partial charge in [0.15, 0.2) is 6.61 Å². The Morgan fingerprint density at radius 3 is 2.36 bits per heavy atom. The minimum Gasteiger partial charge on any atom is -0.482 e. The molecular weight excluding hydrogens is 336 g/mol. The van der Waals surface area contributed by atoms with Crippen molar-refractivity contribution in [3.05, 3.63) is 53.6 Å². The third kappa shape index (κ3) is 5.13. The second-order valence-electron chi connectivity index (χ2n) is 6.22. The number of amides is 1. The number of rotatable bonds is 5. The lowest BCUT2D eigenvalue weighted by molar-refractivity contribution is -0.118. The van der Waals surface area contributed by atoms with E-state index in [4.69, 9.17) is 16.3 Å². The molecule has 0 bridgehead atoms. The summed E-state index contributed by atoms with van der Waals surface area (Å²) in [6.07, 6.45) is 5.13. The van der Waals surface area contributed by atoms with Gasteiger partial charge in [0.1, 0.15) is 5.75 Å². The molecule has 1 amide bonds. The van der Waals surface area contributed by atoms with E-state index < -0.39 is 0 Å². The van der Waals surface area contributed by atoms with Gasteiger partial charge in [-0.05, 0) is 49.2 Å². The molecule has 0 spiro atoms. The number of carbonyl (C=O) groups is 1. The van der Waals surface area contributed by atoms with E-state index >= 15 is 0 Å². The highest BCUT2D eigenvalue weighted by Crippen LogP contribution is 2.23. The van der Waals surface area contributed by atoms with E-state index in [1.165, 1.54) is 31.4 Å². The average molecular weight is 359 g/mol. The van der Waals surface area contributed by atoms with Crippen molar-refractivity contribution in [3.63, 3.8) is 0 Å². The molecule has 1 heterocycles. The van der Waals surface area contributed by atoms with Crippen LogP contribution >= 0.6 is 11.6 Å². The van der Waals surface area contributed by atoms with Gasteiger partial charge in [-0.25, -0.2) is 0 Å². The molecule has 1 aliphatic heterocycles. The maximum Gasteiger partial charge on any atom is 0.262 e. The maximum atomic E-state index is 12.0. The van der Waals surface area contributed by atoms with Crippen LogP contribution in [0.25, 0.3) is 0 Å². The van der Waals surface area contributed by atoms with Crippen molar-refractivity contribution in [3.8, 4) is 5.75 Å². The van der Waals surface area contributed by atoms with E-state index in [2.05, 4.69) is 22.3 Å². The maximum absolute atomic E-state index is 12.0. The quantitative estimate of drug-likeness (QED) is 0.839. The molecular formula is C20H23ClN2O2. The second-order valence-corrected chi connectivity index (χ2v) is 6.62. The molecule has 2 aromatic rings. The van der Waals surface area contributed by atoms with Crippen LogP contribution in [0, 0.1) is 0 Å². The van der Waals surface area contributed by atoms with Gasteiger partial charge in [0.25, 0.3) is 5.91 Å². The third-order valence-corrected chi connectivity index (χ3v) is 4.63. The number of halogens is 1. The Balaban J connectivity index is 1.52. The van der Waals surface area contributed by atoms with Crippen LogP contribution in [0.15, 0.2) is 48.5 Å². The third-order valence-electron chi connectivity index (χ3n) is 4.32. The monoisotopic (exact) mass is 358 g/mol. The smallest absolute Gasteiger partial charge is 0.262 e. The molecule has 25 heavy (non-hydrogen) atoms. The number of carbonyl (C=O) groups excluding carboxylic acids is 1. The van der Waals surface area contributed by atoms with Crippen molar-refractivity contribution < 1.29 is 9.53 Å². The Morgan fingerprint density at radius 2 is 1.68 bits per heavy atom. The van der Waals surface area contributed by atoms with Gasteiger partial charge >= 0.3 is 0 Å². The number of anilines is 2. The molecule has 0 saturated carbocycles. The number of nitrogens with one attached hydrogen (secondary N) is 1. The summed E-state index contributed by atoms with van der Waals surface area (Å²) < 4.78 is 5.45. The van der Waals surface area contributed by atoms with Crippen LogP contribution in [0.4, 0.5) is 11.4 Å². The summed E-state index contributed by atoms with van der Waals surface area (Å²) in [5, 5.41) is 3.35. The first-order valence-corrected chi connectivity index (χ1v) is 9.12. The topological polar surface area (TPSA) is 41.6 Å². The normalized spacial score (nSPS) is 14.7. The lowest BCUT2D eigenvalue weighted by Gasteiger charge is -2.22. The Kier molecular flexibility index (Phi) is 6.18. The number of ether oxygens (including phenoxy) is 1. The first-order chi connectivity index (χ1) is 12.2. The SMILES string of the molecule is O=C(COc1ccccc1Cl)Nc1ccc(N2CCCCCC2)cc1. The summed E-state index contributed by atoms with van der Waals surface area (Å²) in [5.41, 5.74) is 1.98. The van der Waals surface area contributed by atoms with Crippen molar-refractivity contribution in [2.45, 2.75) is 25.7 Å². The van der Waals surface area contributed by atoms with Crippen molar-refractivity contribution in [1.29, 1.82) is 0 Å². The molecule has 1 aliphatic rings. The first kappa shape index (κ1) is 17.6. The van der Waals surface area contributed by atoms with Gasteiger partial charge < -0.3 is 15.0 Å². The van der Waals surface area contributed by atoms with E-state index in [0.717, 1.165) is 18.8 Å². The van der Waals surface area contributed by atoms with Crippen LogP contribution in [-0.2, 0) is 4.79 Å². The van der Waals surface area contributed by atoms with Gasteiger partial charge in [0.05, 0.1) is 5.02 Å². The molecule has 1 saturated heterocycles. The van der Waals surface area contributed by atoms with Gasteiger partial charge in [-0.15, -0.1) is 0 Å². The zero-order chi connectivity index (χ0) is 17.5. The number of benzene rings is 2. The Hall–Kier alpha value is -2.20. The highest BCUT2D eigenvalue weighted by atomic mass is 35.5. The molecule has 5 heteroatoms.